The van der Waals surface area contributed by atoms with Gasteiger partial charge < -0.3 is 22.3 Å². The van der Waals surface area contributed by atoms with Crippen LogP contribution in [0.15, 0.2) is 48.8 Å². The Kier molecular flexibility index (Phi) is 6.71. The van der Waals surface area contributed by atoms with Crippen molar-refractivity contribution in [1.82, 2.24) is 0 Å². The molecule has 1 unspecified atom stereocenters. The minimum Gasteiger partial charge on any atom is -1.00 e. The van der Waals surface area contributed by atoms with Gasteiger partial charge in [-0.2, -0.15) is 4.57 Å². The summed E-state index contributed by atoms with van der Waals surface area (Å²) in [7, 11) is 0. The molecule has 2 rings (SSSR count). The summed E-state index contributed by atoms with van der Waals surface area (Å²) in [4.78, 5) is 23.4. The van der Waals surface area contributed by atoms with Crippen LogP contribution in [0.1, 0.15) is 30.2 Å². The second-order valence-electron chi connectivity index (χ2n) is 4.76. The van der Waals surface area contributed by atoms with Gasteiger partial charge in [0.05, 0.1) is 5.69 Å². The molecule has 4 nitrogen and oxygen atoms in total. The highest BCUT2D eigenvalue weighted by Gasteiger charge is 2.23. The van der Waals surface area contributed by atoms with Crippen molar-refractivity contribution >= 4 is 29.0 Å². The number of nitrogens with one attached hydrogen (secondary N) is 1. The van der Waals surface area contributed by atoms with E-state index in [0.29, 0.717) is 16.3 Å². The van der Waals surface area contributed by atoms with Crippen LogP contribution in [0, 0.1) is 0 Å². The smallest absolute Gasteiger partial charge is 0.230 e. The normalized spacial score (nSPS) is 11.2. The van der Waals surface area contributed by atoms with Gasteiger partial charge >= 0.3 is 0 Å². The summed E-state index contributed by atoms with van der Waals surface area (Å²) in [6.07, 6.45) is 3.54. The minimum absolute atomic E-state index is 0. The molecule has 116 valence electrons. The number of nitrogens with zero attached hydrogens (tertiary/aromatic N) is 1. The van der Waals surface area contributed by atoms with Crippen LogP contribution in [-0.2, 0) is 4.79 Å². The molecule has 1 atom stereocenters. The first-order chi connectivity index (χ1) is 9.97. The maximum atomic E-state index is 12.4. The largest absolute Gasteiger partial charge is 1.00 e. The fraction of sp³-hybridized carbons (Fsp3) is 0.188. The van der Waals surface area contributed by atoms with Crippen molar-refractivity contribution in [2.45, 2.75) is 19.9 Å². The van der Waals surface area contributed by atoms with Crippen LogP contribution in [-0.4, -0.2) is 11.7 Å². The van der Waals surface area contributed by atoms with E-state index >= 15 is 0 Å². The van der Waals surface area contributed by atoms with E-state index in [0.717, 1.165) is 0 Å². The maximum Gasteiger partial charge on any atom is 0.230 e. The van der Waals surface area contributed by atoms with Crippen molar-refractivity contribution in [2.24, 2.45) is 0 Å². The lowest BCUT2D eigenvalue weighted by Gasteiger charge is -2.07. The van der Waals surface area contributed by atoms with Gasteiger partial charge in [-0.05, 0) is 24.3 Å². The molecule has 0 aliphatic heterocycles. The number of hydrogen-bond acceptors (Lipinski definition) is 2. The summed E-state index contributed by atoms with van der Waals surface area (Å²) in [5.74, 6) is -0.123. The highest BCUT2D eigenvalue weighted by molar-refractivity contribution is 6.30. The highest BCUT2D eigenvalue weighted by atomic mass is 79.9. The number of aromatic nitrogens is 1. The zero-order valence-corrected chi connectivity index (χ0v) is 14.6. The first-order valence-corrected chi connectivity index (χ1v) is 6.93. The summed E-state index contributed by atoms with van der Waals surface area (Å²) in [5, 5.41) is 3.29. The predicted molar refractivity (Wildman–Crippen MR) is 81.4 cm³/mol. The third kappa shape index (κ3) is 4.64. The van der Waals surface area contributed by atoms with Gasteiger partial charge in [0.15, 0.2) is 12.4 Å². The third-order valence-corrected chi connectivity index (χ3v) is 3.38. The second kappa shape index (κ2) is 8.06. The Hall–Kier alpha value is -1.72. The van der Waals surface area contributed by atoms with Gasteiger partial charge in [0, 0.05) is 36.6 Å². The molecule has 1 aromatic carbocycles. The van der Waals surface area contributed by atoms with Gasteiger partial charge in [0.2, 0.25) is 17.7 Å². The summed E-state index contributed by atoms with van der Waals surface area (Å²) >= 11 is 5.82. The molecule has 0 saturated carbocycles. The molecular formula is C16H16BrClN2O2. The molecule has 0 radical (unpaired) electrons. The van der Waals surface area contributed by atoms with Crippen LogP contribution in [0.5, 0.6) is 0 Å². The van der Waals surface area contributed by atoms with Crippen molar-refractivity contribution in [2.75, 3.05) is 5.32 Å². The molecule has 0 aliphatic rings. The van der Waals surface area contributed by atoms with E-state index < -0.39 is 0 Å². The quantitative estimate of drug-likeness (QED) is 0.598. The lowest BCUT2D eigenvalue weighted by molar-refractivity contribution is -0.704. The van der Waals surface area contributed by atoms with Crippen LogP contribution in [0.3, 0.4) is 0 Å². The van der Waals surface area contributed by atoms with E-state index in [2.05, 4.69) is 5.32 Å². The van der Waals surface area contributed by atoms with Crippen molar-refractivity contribution in [3.8, 4) is 0 Å². The summed E-state index contributed by atoms with van der Waals surface area (Å²) in [6, 6.07) is 10.0. The Morgan fingerprint density at radius 1 is 1.09 bits per heavy atom. The molecule has 1 aromatic heterocycles. The third-order valence-electron chi connectivity index (χ3n) is 3.13. The summed E-state index contributed by atoms with van der Waals surface area (Å²) in [5.41, 5.74) is 1.32. The Bertz CT molecular complexity index is 657. The number of ketones is 1. The van der Waals surface area contributed by atoms with Crippen LogP contribution in [0.25, 0.3) is 0 Å². The number of benzene rings is 1. The zero-order valence-electron chi connectivity index (χ0n) is 12.2. The number of amides is 1. The van der Waals surface area contributed by atoms with Gasteiger partial charge in [-0.25, -0.2) is 0 Å². The molecule has 1 N–H and O–H groups in total. The molecule has 0 fully saturated rings. The number of halogens is 2. The lowest BCUT2D eigenvalue weighted by Crippen LogP contribution is -3.00. The Morgan fingerprint density at radius 3 is 2.14 bits per heavy atom. The fourth-order valence-electron chi connectivity index (χ4n) is 1.97. The fourth-order valence-corrected chi connectivity index (χ4v) is 2.10. The zero-order chi connectivity index (χ0) is 15.4. The van der Waals surface area contributed by atoms with Gasteiger partial charge in [0.25, 0.3) is 0 Å². The van der Waals surface area contributed by atoms with Crippen LogP contribution in [0.2, 0.25) is 5.02 Å². The molecule has 0 aliphatic carbocycles. The first kappa shape index (κ1) is 18.3. The Balaban J connectivity index is 0.00000242. The topological polar surface area (TPSA) is 50.1 Å². The number of anilines is 1. The second-order valence-corrected chi connectivity index (χ2v) is 5.20. The average molecular weight is 384 g/mol. The van der Waals surface area contributed by atoms with Gasteiger partial charge in [0.1, 0.15) is 0 Å². The maximum absolute atomic E-state index is 12.4. The van der Waals surface area contributed by atoms with Crippen molar-refractivity contribution in [1.29, 1.82) is 0 Å². The molecular weight excluding hydrogens is 368 g/mol. The standard InChI is InChI=1S/C16H15ClN2O2.BrH/c1-11(16(21)13-3-5-14(17)6-4-13)19-9-7-15(8-10-19)18-12(2)20;/h3-11H,1-2H3;1H. The van der Waals surface area contributed by atoms with Gasteiger partial charge in [-0.15, -0.1) is 0 Å². The van der Waals surface area contributed by atoms with Crippen LogP contribution >= 0.6 is 11.6 Å². The number of carbonyl (C=O) groups is 2. The van der Waals surface area contributed by atoms with E-state index in [9.17, 15) is 9.59 Å². The number of rotatable bonds is 4. The number of hydrogen-bond donors (Lipinski definition) is 1. The summed E-state index contributed by atoms with van der Waals surface area (Å²) in [6.45, 7) is 3.28. The monoisotopic (exact) mass is 382 g/mol. The van der Waals surface area contributed by atoms with Crippen molar-refractivity contribution < 1.29 is 31.1 Å². The highest BCUT2D eigenvalue weighted by Crippen LogP contribution is 2.14. The molecule has 0 spiro atoms. The molecule has 1 heterocycles. The number of pyridine rings is 1. The predicted octanol–water partition coefficient (Wildman–Crippen LogP) is 0.0338. The Labute approximate surface area is 144 Å². The average Bonchev–Trinajstić information content (AvgIpc) is 2.47. The van der Waals surface area contributed by atoms with E-state index in [4.69, 9.17) is 11.6 Å². The van der Waals surface area contributed by atoms with E-state index in [-0.39, 0.29) is 34.7 Å². The molecule has 22 heavy (non-hydrogen) atoms. The molecule has 1 amide bonds. The minimum atomic E-state index is -0.336. The number of Topliss-reactive ketones (excluding diaryl/α,β-unsaturated/α-hetero) is 1. The number of carbonyl (C=O) groups excluding carboxylic acids is 2. The van der Waals surface area contributed by atoms with Crippen LogP contribution < -0.4 is 26.9 Å². The van der Waals surface area contributed by atoms with Gasteiger partial charge in [-0.1, -0.05) is 11.6 Å². The van der Waals surface area contributed by atoms with E-state index in [1.807, 2.05) is 6.92 Å². The van der Waals surface area contributed by atoms with E-state index in [1.54, 1.807) is 53.4 Å². The van der Waals surface area contributed by atoms with Crippen molar-refractivity contribution in [3.05, 3.63) is 59.4 Å². The van der Waals surface area contributed by atoms with E-state index in [1.165, 1.54) is 6.92 Å². The van der Waals surface area contributed by atoms with Gasteiger partial charge in [-0.3, -0.25) is 9.59 Å². The summed E-state index contributed by atoms with van der Waals surface area (Å²) < 4.78 is 1.79. The molecule has 6 heteroatoms. The molecule has 0 saturated heterocycles. The van der Waals surface area contributed by atoms with Crippen molar-refractivity contribution in [3.63, 3.8) is 0 Å². The SMILES string of the molecule is CC(=O)Nc1cc[n+](C(C)C(=O)c2ccc(Cl)cc2)cc1.[Br-]. The molecule has 0 bridgehead atoms. The van der Waals surface area contributed by atoms with Crippen LogP contribution in [0.4, 0.5) is 5.69 Å². The Morgan fingerprint density at radius 2 is 1.64 bits per heavy atom. The first-order valence-electron chi connectivity index (χ1n) is 6.55. The lowest BCUT2D eigenvalue weighted by atomic mass is 10.1. The molecule has 2 aromatic rings.